The van der Waals surface area contributed by atoms with E-state index in [1.807, 2.05) is 59.3 Å². The molecule has 0 saturated carbocycles. The molecule has 9 heteroatoms. The zero-order valence-corrected chi connectivity index (χ0v) is 18.2. The Labute approximate surface area is 189 Å². The predicted molar refractivity (Wildman–Crippen MR) is 124 cm³/mol. The Bertz CT molecular complexity index is 1250. The molecule has 32 heavy (non-hydrogen) atoms. The van der Waals surface area contributed by atoms with Gasteiger partial charge in [-0.1, -0.05) is 18.2 Å². The molecule has 8 nitrogen and oxygen atoms in total. The van der Waals surface area contributed by atoms with E-state index in [0.717, 1.165) is 27.7 Å². The van der Waals surface area contributed by atoms with Gasteiger partial charge in [-0.25, -0.2) is 4.98 Å². The average Bonchev–Trinajstić information content (AvgIpc) is 3.43. The minimum absolute atomic E-state index is 0.0320. The summed E-state index contributed by atoms with van der Waals surface area (Å²) in [4.78, 5) is 32.6. The van der Waals surface area contributed by atoms with Crippen LogP contribution in [0.4, 0.5) is 11.4 Å². The smallest absolute Gasteiger partial charge is 0.227 e. The lowest BCUT2D eigenvalue weighted by Crippen LogP contribution is -2.35. The number of hydrogen-bond acceptors (Lipinski definition) is 5. The van der Waals surface area contributed by atoms with Crippen molar-refractivity contribution in [3.8, 4) is 0 Å². The van der Waals surface area contributed by atoms with Gasteiger partial charge >= 0.3 is 0 Å². The Kier molecular flexibility index (Phi) is 5.64. The number of pyridine rings is 1. The standard InChI is InChI=1S/C23H22N6O2S/c30-22(8-9-23(31)29-11-12-32-20-6-2-1-5-19(20)29)26-17-13-24-28(15-17)16-18-14-27-10-4-3-7-21(27)25-18/h1-7,10,13-15H,8-9,11-12,16H2,(H,26,30). The number of thioether (sulfide) groups is 1. The van der Waals surface area contributed by atoms with E-state index in [2.05, 4.69) is 15.4 Å². The molecule has 0 aliphatic carbocycles. The number of hydrogen-bond donors (Lipinski definition) is 1. The second-order valence-corrected chi connectivity index (χ2v) is 8.67. The SMILES string of the molecule is O=C(CCC(=O)N1CCSc2ccccc21)Nc1cnn(Cc2cn3ccccc3n2)c1. The van der Waals surface area contributed by atoms with Crippen molar-refractivity contribution in [3.63, 3.8) is 0 Å². The van der Waals surface area contributed by atoms with Gasteiger partial charge in [0.25, 0.3) is 0 Å². The second-order valence-electron chi connectivity index (χ2n) is 7.53. The van der Waals surface area contributed by atoms with Gasteiger partial charge in [0, 0.05) is 48.6 Å². The molecule has 0 bridgehead atoms. The number of imidazole rings is 1. The third-order valence-electron chi connectivity index (χ3n) is 5.25. The molecule has 162 valence electrons. The maximum Gasteiger partial charge on any atom is 0.227 e. The van der Waals surface area contributed by atoms with E-state index in [-0.39, 0.29) is 24.7 Å². The summed E-state index contributed by atoms with van der Waals surface area (Å²) in [6, 6.07) is 13.7. The molecule has 2 amide bonds. The van der Waals surface area contributed by atoms with Crippen LogP contribution < -0.4 is 10.2 Å². The van der Waals surface area contributed by atoms with E-state index in [9.17, 15) is 9.59 Å². The molecule has 0 atom stereocenters. The van der Waals surface area contributed by atoms with Gasteiger partial charge in [0.2, 0.25) is 11.8 Å². The third-order valence-corrected chi connectivity index (χ3v) is 6.29. The van der Waals surface area contributed by atoms with Crippen molar-refractivity contribution >= 4 is 40.6 Å². The van der Waals surface area contributed by atoms with Crippen LogP contribution in [0.25, 0.3) is 5.65 Å². The molecular weight excluding hydrogens is 424 g/mol. The molecule has 1 aliphatic rings. The van der Waals surface area contributed by atoms with Crippen LogP contribution in [0.3, 0.4) is 0 Å². The number of aromatic nitrogens is 4. The predicted octanol–water partition coefficient (Wildman–Crippen LogP) is 3.44. The van der Waals surface area contributed by atoms with Crippen molar-refractivity contribution in [1.82, 2.24) is 19.2 Å². The van der Waals surface area contributed by atoms with E-state index in [0.29, 0.717) is 18.8 Å². The Hall–Kier alpha value is -3.59. The molecule has 1 N–H and O–H groups in total. The molecule has 0 radical (unpaired) electrons. The quantitative estimate of drug-likeness (QED) is 0.491. The van der Waals surface area contributed by atoms with Crippen molar-refractivity contribution in [2.45, 2.75) is 24.3 Å². The third kappa shape index (κ3) is 4.38. The van der Waals surface area contributed by atoms with Crippen molar-refractivity contribution in [3.05, 3.63) is 72.9 Å². The lowest BCUT2D eigenvalue weighted by atomic mass is 10.2. The van der Waals surface area contributed by atoms with Gasteiger partial charge in [-0.3, -0.25) is 14.3 Å². The summed E-state index contributed by atoms with van der Waals surface area (Å²) < 4.78 is 3.68. The monoisotopic (exact) mass is 446 g/mol. The lowest BCUT2D eigenvalue weighted by molar-refractivity contribution is -0.122. The summed E-state index contributed by atoms with van der Waals surface area (Å²) in [6.07, 6.45) is 7.57. The van der Waals surface area contributed by atoms with Crippen LogP contribution in [-0.2, 0) is 16.1 Å². The summed E-state index contributed by atoms with van der Waals surface area (Å²) in [5, 5.41) is 7.13. The number of carbonyl (C=O) groups is 2. The van der Waals surface area contributed by atoms with Gasteiger partial charge in [0.05, 0.1) is 29.8 Å². The van der Waals surface area contributed by atoms with Gasteiger partial charge in [0.1, 0.15) is 5.65 Å². The molecule has 0 fully saturated rings. The number of amides is 2. The molecule has 0 spiro atoms. The van der Waals surface area contributed by atoms with Crippen LogP contribution >= 0.6 is 11.8 Å². The highest BCUT2D eigenvalue weighted by atomic mass is 32.2. The summed E-state index contributed by atoms with van der Waals surface area (Å²) in [5.74, 6) is 0.626. The first-order valence-electron chi connectivity index (χ1n) is 10.4. The van der Waals surface area contributed by atoms with Crippen molar-refractivity contribution < 1.29 is 9.59 Å². The molecule has 3 aromatic heterocycles. The highest BCUT2D eigenvalue weighted by Crippen LogP contribution is 2.34. The zero-order chi connectivity index (χ0) is 21.9. The fourth-order valence-corrected chi connectivity index (χ4v) is 4.75. The van der Waals surface area contributed by atoms with E-state index in [1.54, 1.807) is 33.7 Å². The van der Waals surface area contributed by atoms with E-state index in [4.69, 9.17) is 0 Å². The number of anilines is 2. The average molecular weight is 447 g/mol. The molecule has 5 rings (SSSR count). The Morgan fingerprint density at radius 1 is 1.06 bits per heavy atom. The Balaban J connectivity index is 1.15. The van der Waals surface area contributed by atoms with Gasteiger partial charge in [-0.05, 0) is 24.3 Å². The maximum absolute atomic E-state index is 12.7. The molecular formula is C23H22N6O2S. The van der Waals surface area contributed by atoms with Crippen LogP contribution in [0, 0.1) is 0 Å². The van der Waals surface area contributed by atoms with Crippen molar-refractivity contribution in [1.29, 1.82) is 0 Å². The van der Waals surface area contributed by atoms with Crippen LogP contribution in [0.1, 0.15) is 18.5 Å². The summed E-state index contributed by atoms with van der Waals surface area (Å²) in [6.45, 7) is 1.17. The Morgan fingerprint density at radius 3 is 2.84 bits per heavy atom. The molecule has 1 aromatic carbocycles. The van der Waals surface area contributed by atoms with E-state index < -0.39 is 0 Å². The lowest BCUT2D eigenvalue weighted by Gasteiger charge is -2.29. The topological polar surface area (TPSA) is 84.5 Å². The number of benzene rings is 1. The number of nitrogens with zero attached hydrogens (tertiary/aromatic N) is 5. The summed E-state index contributed by atoms with van der Waals surface area (Å²) in [5.41, 5.74) is 3.29. The van der Waals surface area contributed by atoms with E-state index >= 15 is 0 Å². The number of rotatable bonds is 6. The Morgan fingerprint density at radius 2 is 1.94 bits per heavy atom. The van der Waals surface area contributed by atoms with Crippen molar-refractivity contribution in [2.24, 2.45) is 0 Å². The second kappa shape index (κ2) is 8.88. The van der Waals surface area contributed by atoms with Gasteiger partial charge in [-0.15, -0.1) is 11.8 Å². The number of fused-ring (bicyclic) bond motifs is 2. The fraction of sp³-hybridized carbons (Fsp3) is 0.217. The molecule has 4 heterocycles. The molecule has 4 aromatic rings. The first-order valence-corrected chi connectivity index (χ1v) is 11.4. The summed E-state index contributed by atoms with van der Waals surface area (Å²) >= 11 is 1.75. The first-order chi connectivity index (χ1) is 15.7. The largest absolute Gasteiger partial charge is 0.323 e. The van der Waals surface area contributed by atoms with Crippen LogP contribution in [-0.4, -0.2) is 43.3 Å². The first kappa shape index (κ1) is 20.3. The number of carbonyl (C=O) groups excluding carboxylic acids is 2. The van der Waals surface area contributed by atoms with E-state index in [1.165, 1.54) is 0 Å². The number of nitrogens with one attached hydrogen (secondary N) is 1. The summed E-state index contributed by atoms with van der Waals surface area (Å²) in [7, 11) is 0. The zero-order valence-electron chi connectivity index (χ0n) is 17.3. The van der Waals surface area contributed by atoms with Gasteiger partial charge in [-0.2, -0.15) is 5.10 Å². The fourth-order valence-electron chi connectivity index (χ4n) is 3.75. The number of para-hydroxylation sites is 1. The highest BCUT2D eigenvalue weighted by molar-refractivity contribution is 7.99. The molecule has 0 saturated heterocycles. The minimum Gasteiger partial charge on any atom is -0.323 e. The van der Waals surface area contributed by atoms with Gasteiger partial charge < -0.3 is 14.6 Å². The van der Waals surface area contributed by atoms with Crippen LogP contribution in [0.15, 0.2) is 72.1 Å². The van der Waals surface area contributed by atoms with Gasteiger partial charge in [0.15, 0.2) is 0 Å². The highest BCUT2D eigenvalue weighted by Gasteiger charge is 2.23. The van der Waals surface area contributed by atoms with Crippen LogP contribution in [0.2, 0.25) is 0 Å². The molecule has 1 aliphatic heterocycles. The molecule has 0 unspecified atom stereocenters. The van der Waals surface area contributed by atoms with Crippen molar-refractivity contribution in [2.75, 3.05) is 22.5 Å². The maximum atomic E-state index is 12.7. The normalized spacial score (nSPS) is 13.2. The minimum atomic E-state index is -0.203. The van der Waals surface area contributed by atoms with Crippen LogP contribution in [0.5, 0.6) is 0 Å².